The summed E-state index contributed by atoms with van der Waals surface area (Å²) < 4.78 is 13.7. The summed E-state index contributed by atoms with van der Waals surface area (Å²) in [4.78, 5) is 11.5. The number of hydrogen-bond acceptors (Lipinski definition) is 3. The van der Waals surface area contributed by atoms with E-state index in [1.165, 1.54) is 11.3 Å². The molecular weight excluding hydrogens is 270 g/mol. The normalized spacial score (nSPS) is 20.0. The van der Waals surface area contributed by atoms with Gasteiger partial charge in [0, 0.05) is 31.0 Å². The minimum atomic E-state index is -0.887. The van der Waals surface area contributed by atoms with Crippen molar-refractivity contribution in [3.63, 3.8) is 0 Å². The molecule has 0 atom stereocenters. The molecule has 5 heteroatoms. The molecule has 4 rings (SSSR count). The molecule has 2 aliphatic rings. The number of carboxylic acids is 1. The lowest BCUT2D eigenvalue weighted by molar-refractivity contribution is -0.163. The SMILES string of the molecule is Cn1c2c(c3cccc(C(=O)O)c31)CC1(CC2)OCCO1. The predicted octanol–water partition coefficient (Wildman–Crippen LogP) is 2.11. The predicted molar refractivity (Wildman–Crippen MR) is 76.5 cm³/mol. The van der Waals surface area contributed by atoms with E-state index in [4.69, 9.17) is 9.47 Å². The summed E-state index contributed by atoms with van der Waals surface area (Å²) in [7, 11) is 1.95. The van der Waals surface area contributed by atoms with Crippen LogP contribution in [0.3, 0.4) is 0 Å². The van der Waals surface area contributed by atoms with Crippen molar-refractivity contribution in [3.8, 4) is 0 Å². The van der Waals surface area contributed by atoms with Gasteiger partial charge in [-0.05, 0) is 18.1 Å². The van der Waals surface area contributed by atoms with E-state index in [0.29, 0.717) is 25.2 Å². The highest BCUT2D eigenvalue weighted by molar-refractivity contribution is 6.04. The molecule has 5 nitrogen and oxygen atoms in total. The van der Waals surface area contributed by atoms with Crippen LogP contribution in [0, 0.1) is 0 Å². The Bertz CT molecular complexity index is 740. The molecular formula is C16H17NO4. The van der Waals surface area contributed by atoms with Gasteiger partial charge in [0.1, 0.15) is 0 Å². The molecule has 1 fully saturated rings. The number of ether oxygens (including phenoxy) is 2. The first-order chi connectivity index (χ1) is 10.1. The smallest absolute Gasteiger partial charge is 0.337 e. The molecule has 0 bridgehead atoms. The lowest BCUT2D eigenvalue weighted by Gasteiger charge is -2.32. The molecule has 1 aliphatic heterocycles. The van der Waals surface area contributed by atoms with Gasteiger partial charge < -0.3 is 19.1 Å². The van der Waals surface area contributed by atoms with Gasteiger partial charge in [0.05, 0.1) is 24.3 Å². The van der Waals surface area contributed by atoms with E-state index in [1.54, 1.807) is 6.07 Å². The van der Waals surface area contributed by atoms with E-state index in [1.807, 2.05) is 23.7 Å². The third-order valence-corrected chi connectivity index (χ3v) is 4.68. The first-order valence-corrected chi connectivity index (χ1v) is 7.22. The number of aryl methyl sites for hydroxylation is 1. The van der Waals surface area contributed by atoms with Crippen LogP contribution >= 0.6 is 0 Å². The van der Waals surface area contributed by atoms with Crippen LogP contribution in [0.5, 0.6) is 0 Å². The molecule has 0 saturated carbocycles. The fraction of sp³-hybridized carbons (Fsp3) is 0.438. The fourth-order valence-electron chi connectivity index (χ4n) is 3.74. The number of rotatable bonds is 1. The number of carbonyl (C=O) groups is 1. The molecule has 0 radical (unpaired) electrons. The molecule has 1 aliphatic carbocycles. The molecule has 0 unspecified atom stereocenters. The van der Waals surface area contributed by atoms with E-state index < -0.39 is 11.8 Å². The zero-order valence-corrected chi connectivity index (χ0v) is 11.9. The number of hydrogen-bond donors (Lipinski definition) is 1. The Morgan fingerprint density at radius 2 is 2.10 bits per heavy atom. The highest BCUT2D eigenvalue weighted by atomic mass is 16.7. The van der Waals surface area contributed by atoms with Crippen molar-refractivity contribution in [1.29, 1.82) is 0 Å². The zero-order chi connectivity index (χ0) is 14.6. The molecule has 2 heterocycles. The summed E-state index contributed by atoms with van der Waals surface area (Å²) in [6, 6.07) is 5.47. The Morgan fingerprint density at radius 1 is 1.33 bits per heavy atom. The second-order valence-electron chi connectivity index (χ2n) is 5.78. The molecule has 21 heavy (non-hydrogen) atoms. The quantitative estimate of drug-likeness (QED) is 0.872. The van der Waals surface area contributed by atoms with Gasteiger partial charge in [-0.15, -0.1) is 0 Å². The summed E-state index contributed by atoms with van der Waals surface area (Å²) in [5.74, 6) is -1.39. The number of aromatic carboxylic acids is 1. The first-order valence-electron chi connectivity index (χ1n) is 7.22. The maximum absolute atomic E-state index is 11.5. The van der Waals surface area contributed by atoms with Crippen molar-refractivity contribution in [3.05, 3.63) is 35.0 Å². The standard InChI is InChI=1S/C16H17NO4/c1-17-13-5-6-16(20-7-8-21-16)9-12(13)10-3-2-4-11(14(10)17)15(18)19/h2-4H,5-9H2,1H3,(H,18,19). The van der Waals surface area contributed by atoms with Gasteiger partial charge in [-0.2, -0.15) is 0 Å². The van der Waals surface area contributed by atoms with Gasteiger partial charge in [0.2, 0.25) is 0 Å². The van der Waals surface area contributed by atoms with Gasteiger partial charge in [0.25, 0.3) is 0 Å². The Balaban J connectivity index is 1.94. The fourth-order valence-corrected chi connectivity index (χ4v) is 3.74. The monoisotopic (exact) mass is 287 g/mol. The summed E-state index contributed by atoms with van der Waals surface area (Å²) in [6.07, 6.45) is 2.37. The molecule has 1 N–H and O–H groups in total. The Labute approximate surface area is 122 Å². The van der Waals surface area contributed by atoms with Crippen LogP contribution in [0.15, 0.2) is 18.2 Å². The number of nitrogens with zero attached hydrogens (tertiary/aromatic N) is 1. The van der Waals surface area contributed by atoms with E-state index >= 15 is 0 Å². The van der Waals surface area contributed by atoms with Crippen LogP contribution < -0.4 is 0 Å². The lowest BCUT2D eigenvalue weighted by Crippen LogP contribution is -2.37. The van der Waals surface area contributed by atoms with Crippen LogP contribution in [-0.4, -0.2) is 34.6 Å². The Kier molecular flexibility index (Phi) is 2.65. The molecule has 1 saturated heterocycles. The summed E-state index contributed by atoms with van der Waals surface area (Å²) >= 11 is 0. The average Bonchev–Trinajstić information content (AvgIpc) is 3.04. The van der Waals surface area contributed by atoms with Crippen molar-refractivity contribution in [2.45, 2.75) is 25.0 Å². The molecule has 0 amide bonds. The van der Waals surface area contributed by atoms with Crippen LogP contribution in [0.2, 0.25) is 0 Å². The minimum Gasteiger partial charge on any atom is -0.478 e. The first kappa shape index (κ1) is 12.9. The van der Waals surface area contributed by atoms with Crippen molar-refractivity contribution in [1.82, 2.24) is 4.57 Å². The number of fused-ring (bicyclic) bond motifs is 3. The second kappa shape index (κ2) is 4.32. The van der Waals surface area contributed by atoms with E-state index in [2.05, 4.69) is 0 Å². The van der Waals surface area contributed by atoms with Gasteiger partial charge in [-0.25, -0.2) is 4.79 Å². The number of benzene rings is 1. The summed E-state index contributed by atoms with van der Waals surface area (Å²) in [6.45, 7) is 1.28. The highest BCUT2D eigenvalue weighted by Crippen LogP contribution is 2.40. The lowest BCUT2D eigenvalue weighted by atomic mass is 9.90. The third-order valence-electron chi connectivity index (χ3n) is 4.68. The van der Waals surface area contributed by atoms with Gasteiger partial charge in [-0.3, -0.25) is 0 Å². The largest absolute Gasteiger partial charge is 0.478 e. The molecule has 1 aromatic carbocycles. The maximum atomic E-state index is 11.5. The Morgan fingerprint density at radius 3 is 2.81 bits per heavy atom. The van der Waals surface area contributed by atoms with Crippen LogP contribution in [0.4, 0.5) is 0 Å². The van der Waals surface area contributed by atoms with Gasteiger partial charge >= 0.3 is 5.97 Å². The Hall–Kier alpha value is -1.85. The van der Waals surface area contributed by atoms with E-state index in [-0.39, 0.29) is 0 Å². The highest BCUT2D eigenvalue weighted by Gasteiger charge is 2.41. The number of aromatic nitrogens is 1. The number of carboxylic acid groups (broad SMARTS) is 1. The third kappa shape index (κ3) is 1.74. The van der Waals surface area contributed by atoms with E-state index in [0.717, 1.165) is 23.7 Å². The van der Waals surface area contributed by atoms with E-state index in [9.17, 15) is 9.90 Å². The number of para-hydroxylation sites is 1. The molecule has 1 spiro atoms. The zero-order valence-electron chi connectivity index (χ0n) is 11.9. The van der Waals surface area contributed by atoms with Crippen molar-refractivity contribution in [2.75, 3.05) is 13.2 Å². The van der Waals surface area contributed by atoms with Gasteiger partial charge in [0.15, 0.2) is 5.79 Å². The summed E-state index contributed by atoms with van der Waals surface area (Å²) in [5, 5.41) is 10.4. The topological polar surface area (TPSA) is 60.7 Å². The van der Waals surface area contributed by atoms with Crippen molar-refractivity contribution in [2.24, 2.45) is 7.05 Å². The molecule has 110 valence electrons. The minimum absolute atomic E-state index is 0.353. The van der Waals surface area contributed by atoms with Crippen molar-refractivity contribution < 1.29 is 19.4 Å². The van der Waals surface area contributed by atoms with Crippen LogP contribution in [0.25, 0.3) is 10.9 Å². The summed E-state index contributed by atoms with van der Waals surface area (Å²) in [5.41, 5.74) is 3.52. The van der Waals surface area contributed by atoms with Crippen molar-refractivity contribution >= 4 is 16.9 Å². The molecule has 2 aromatic rings. The second-order valence-corrected chi connectivity index (χ2v) is 5.78. The van der Waals surface area contributed by atoms with Crippen LogP contribution in [-0.2, 0) is 29.4 Å². The average molecular weight is 287 g/mol. The maximum Gasteiger partial charge on any atom is 0.337 e. The van der Waals surface area contributed by atoms with Gasteiger partial charge in [-0.1, -0.05) is 12.1 Å². The van der Waals surface area contributed by atoms with Crippen LogP contribution in [0.1, 0.15) is 28.0 Å². The molecule has 1 aromatic heterocycles.